The lowest BCUT2D eigenvalue weighted by atomic mass is 10.1. The van der Waals surface area contributed by atoms with Crippen molar-refractivity contribution in [2.45, 2.75) is 23.5 Å². The molecule has 0 radical (unpaired) electrons. The second-order valence-corrected chi connectivity index (χ2v) is 10.9. The van der Waals surface area contributed by atoms with Gasteiger partial charge in [-0.2, -0.15) is 0 Å². The van der Waals surface area contributed by atoms with Crippen LogP contribution in [-0.2, 0) is 16.4 Å². The molecule has 28 heavy (non-hydrogen) atoms. The van der Waals surface area contributed by atoms with E-state index in [1.54, 1.807) is 28.8 Å². The zero-order valence-electron chi connectivity index (χ0n) is 15.0. The fourth-order valence-electron chi connectivity index (χ4n) is 3.86. The second-order valence-electron chi connectivity index (χ2n) is 6.93. The summed E-state index contributed by atoms with van der Waals surface area (Å²) in [6.45, 7) is 0.0351. The number of amides is 2. The number of nitrogens with zero attached hydrogens (tertiary/aromatic N) is 2. The summed E-state index contributed by atoms with van der Waals surface area (Å²) in [5.74, 6) is -0.602. The maximum atomic E-state index is 14.3. The van der Waals surface area contributed by atoms with Crippen LogP contribution in [0.25, 0.3) is 0 Å². The van der Waals surface area contributed by atoms with Gasteiger partial charge in [0.2, 0.25) is 0 Å². The molecular formula is C19H18BrFN2O3S2. The molecule has 2 saturated heterocycles. The number of hydrogen-bond acceptors (Lipinski definition) is 4. The van der Waals surface area contributed by atoms with Crippen molar-refractivity contribution in [1.29, 1.82) is 0 Å². The van der Waals surface area contributed by atoms with E-state index in [1.165, 1.54) is 11.0 Å². The quantitative estimate of drug-likeness (QED) is 0.487. The molecule has 148 valence electrons. The van der Waals surface area contributed by atoms with Crippen LogP contribution in [0.15, 0.2) is 51.8 Å². The summed E-state index contributed by atoms with van der Waals surface area (Å²) in [7, 11) is -3.27. The van der Waals surface area contributed by atoms with Crippen LogP contribution in [-0.4, -0.2) is 49.2 Å². The van der Waals surface area contributed by atoms with E-state index in [1.807, 2.05) is 30.5 Å². The first-order valence-corrected chi connectivity index (χ1v) is 12.5. The molecule has 2 heterocycles. The number of carbonyl (C=O) groups excluding carboxylic acids is 1. The molecule has 9 heteroatoms. The van der Waals surface area contributed by atoms with E-state index in [0.717, 1.165) is 4.90 Å². The molecule has 4 rings (SSSR count). The molecule has 2 aliphatic heterocycles. The van der Waals surface area contributed by atoms with Gasteiger partial charge in [-0.15, -0.1) is 11.8 Å². The Bertz CT molecular complexity index is 1050. The molecule has 2 fully saturated rings. The lowest BCUT2D eigenvalue weighted by molar-refractivity contribution is 0.205. The smallest absolute Gasteiger partial charge is 0.314 e. The molecule has 0 N–H and O–H groups in total. The summed E-state index contributed by atoms with van der Waals surface area (Å²) in [5, 5.41) is 0. The van der Waals surface area contributed by atoms with Crippen molar-refractivity contribution in [2.75, 3.05) is 22.7 Å². The van der Waals surface area contributed by atoms with Gasteiger partial charge in [-0.3, -0.25) is 4.90 Å². The molecule has 0 aromatic heterocycles. The molecule has 0 unspecified atom stereocenters. The van der Waals surface area contributed by atoms with Crippen LogP contribution < -0.4 is 4.90 Å². The molecule has 2 aromatic rings. The van der Waals surface area contributed by atoms with E-state index < -0.39 is 27.7 Å². The van der Waals surface area contributed by atoms with Gasteiger partial charge in [-0.05, 0) is 36.6 Å². The first kappa shape index (κ1) is 19.7. The maximum Gasteiger partial charge on any atom is 0.325 e. The van der Waals surface area contributed by atoms with E-state index in [-0.39, 0.29) is 24.1 Å². The van der Waals surface area contributed by atoms with Crippen LogP contribution >= 0.6 is 27.7 Å². The zero-order chi connectivity index (χ0) is 20.1. The highest BCUT2D eigenvalue weighted by molar-refractivity contribution is 9.10. The average Bonchev–Trinajstić information content (AvgIpc) is 3.07. The van der Waals surface area contributed by atoms with Crippen LogP contribution in [0.3, 0.4) is 0 Å². The number of sulfone groups is 1. The van der Waals surface area contributed by atoms with Crippen molar-refractivity contribution in [3.05, 3.63) is 58.3 Å². The highest BCUT2D eigenvalue weighted by Crippen LogP contribution is 2.37. The number of urea groups is 1. The van der Waals surface area contributed by atoms with Gasteiger partial charge in [0.05, 0.1) is 30.1 Å². The standard InChI is InChI=1S/C19H18BrFN2O3S2/c1-27-15-4-2-3-14(8-15)23-18-11-28(25,26)10-17(18)22(19(23)24)9-12-5-6-13(20)7-16(12)21/h2-8,17-18H,9-11H2,1H3/t17-,18-/m0/s1. The molecule has 0 aliphatic carbocycles. The summed E-state index contributed by atoms with van der Waals surface area (Å²) in [4.78, 5) is 17.3. The minimum Gasteiger partial charge on any atom is -0.314 e. The Morgan fingerprint density at radius 3 is 2.64 bits per heavy atom. The van der Waals surface area contributed by atoms with Gasteiger partial charge in [-0.1, -0.05) is 28.1 Å². The maximum absolute atomic E-state index is 14.3. The Balaban J connectivity index is 1.72. The number of anilines is 1. The van der Waals surface area contributed by atoms with Gasteiger partial charge in [-0.25, -0.2) is 17.6 Å². The molecule has 5 nitrogen and oxygen atoms in total. The Morgan fingerprint density at radius 2 is 1.93 bits per heavy atom. The third kappa shape index (κ3) is 3.55. The van der Waals surface area contributed by atoms with Crippen LogP contribution in [0.5, 0.6) is 0 Å². The number of thioether (sulfide) groups is 1. The summed E-state index contributed by atoms with van der Waals surface area (Å²) < 4.78 is 39.6. The highest BCUT2D eigenvalue weighted by Gasteiger charge is 2.53. The first-order valence-electron chi connectivity index (χ1n) is 8.67. The predicted octanol–water partition coefficient (Wildman–Crippen LogP) is 3.92. The van der Waals surface area contributed by atoms with E-state index in [0.29, 0.717) is 15.7 Å². The van der Waals surface area contributed by atoms with Crippen molar-refractivity contribution in [3.63, 3.8) is 0 Å². The largest absolute Gasteiger partial charge is 0.325 e. The van der Waals surface area contributed by atoms with Crippen LogP contribution in [0.4, 0.5) is 14.9 Å². The van der Waals surface area contributed by atoms with E-state index in [2.05, 4.69) is 15.9 Å². The van der Waals surface area contributed by atoms with Gasteiger partial charge in [0.15, 0.2) is 9.84 Å². The van der Waals surface area contributed by atoms with E-state index >= 15 is 0 Å². The van der Waals surface area contributed by atoms with Crippen molar-refractivity contribution in [3.8, 4) is 0 Å². The minimum absolute atomic E-state index is 0.0351. The third-order valence-corrected chi connectivity index (χ3v) is 8.08. The molecule has 2 atom stereocenters. The SMILES string of the molecule is CSc1cccc(N2C(=O)N(Cc3ccc(Br)cc3F)[C@H]3CS(=O)(=O)C[C@@H]32)c1. The molecule has 2 aromatic carbocycles. The van der Waals surface area contributed by atoms with Gasteiger partial charge < -0.3 is 4.90 Å². The molecule has 0 spiro atoms. The van der Waals surface area contributed by atoms with Crippen LogP contribution in [0.2, 0.25) is 0 Å². The van der Waals surface area contributed by atoms with Gasteiger partial charge in [0, 0.05) is 20.6 Å². The summed E-state index contributed by atoms with van der Waals surface area (Å²) in [6.07, 6.45) is 1.94. The summed E-state index contributed by atoms with van der Waals surface area (Å²) >= 11 is 4.78. The predicted molar refractivity (Wildman–Crippen MR) is 112 cm³/mol. The Labute approximate surface area is 175 Å². The normalized spacial score (nSPS) is 23.3. The Kier molecular flexibility index (Phi) is 5.18. The molecular weight excluding hydrogens is 467 g/mol. The van der Waals surface area contributed by atoms with Crippen molar-refractivity contribution >= 4 is 49.2 Å². The van der Waals surface area contributed by atoms with Crippen LogP contribution in [0, 0.1) is 5.82 Å². The molecule has 2 aliphatic rings. The topological polar surface area (TPSA) is 57.7 Å². The van der Waals surface area contributed by atoms with Crippen LogP contribution in [0.1, 0.15) is 5.56 Å². The van der Waals surface area contributed by atoms with Gasteiger partial charge >= 0.3 is 6.03 Å². The first-order chi connectivity index (χ1) is 13.3. The number of fused-ring (bicyclic) bond motifs is 1. The second kappa shape index (κ2) is 7.35. The van der Waals surface area contributed by atoms with Crippen molar-refractivity contribution in [1.82, 2.24) is 4.90 Å². The average molecular weight is 485 g/mol. The molecule has 2 amide bonds. The highest BCUT2D eigenvalue weighted by atomic mass is 79.9. The number of rotatable bonds is 4. The third-order valence-electron chi connectivity index (χ3n) is 5.16. The van der Waals surface area contributed by atoms with E-state index in [9.17, 15) is 17.6 Å². The van der Waals surface area contributed by atoms with Crippen molar-refractivity contribution in [2.24, 2.45) is 0 Å². The van der Waals surface area contributed by atoms with Gasteiger partial charge in [0.25, 0.3) is 0 Å². The summed E-state index contributed by atoms with van der Waals surface area (Å²) in [5.41, 5.74) is 1.03. The molecule has 0 saturated carbocycles. The number of benzene rings is 2. The number of carbonyl (C=O) groups is 1. The minimum atomic E-state index is -3.27. The zero-order valence-corrected chi connectivity index (χ0v) is 18.2. The number of halogens is 2. The Morgan fingerprint density at radius 1 is 1.18 bits per heavy atom. The molecule has 0 bridgehead atoms. The fraction of sp³-hybridized carbons (Fsp3) is 0.316. The summed E-state index contributed by atoms with van der Waals surface area (Å²) in [6, 6.07) is 10.9. The van der Waals surface area contributed by atoms with Gasteiger partial charge in [0.1, 0.15) is 5.82 Å². The number of hydrogen-bond donors (Lipinski definition) is 0. The van der Waals surface area contributed by atoms with E-state index in [4.69, 9.17) is 0 Å². The fourth-order valence-corrected chi connectivity index (χ4v) is 6.59. The Hall–Kier alpha value is -1.58. The monoisotopic (exact) mass is 484 g/mol. The lowest BCUT2D eigenvalue weighted by Gasteiger charge is -2.23. The van der Waals surface area contributed by atoms with Crippen molar-refractivity contribution < 1.29 is 17.6 Å². The lowest BCUT2D eigenvalue weighted by Crippen LogP contribution is -2.37.